The highest BCUT2D eigenvalue weighted by Gasteiger charge is 2.48. The number of nitrogens with zero attached hydrogens (tertiary/aromatic N) is 1. The third-order valence-corrected chi connectivity index (χ3v) is 4.54. The van der Waals surface area contributed by atoms with Crippen LogP contribution in [-0.4, -0.2) is 50.0 Å². The summed E-state index contributed by atoms with van der Waals surface area (Å²) >= 11 is 0. The van der Waals surface area contributed by atoms with Gasteiger partial charge in [0.1, 0.15) is 0 Å². The van der Waals surface area contributed by atoms with E-state index in [-0.39, 0.29) is 6.05 Å². The number of aliphatic hydroxyl groups excluding tert-OH is 1. The summed E-state index contributed by atoms with van der Waals surface area (Å²) in [5.41, 5.74) is 0.198. The van der Waals surface area contributed by atoms with Gasteiger partial charge in [0.2, 0.25) is 0 Å². The van der Waals surface area contributed by atoms with Gasteiger partial charge in [-0.05, 0) is 44.1 Å². The molecule has 1 saturated heterocycles. The van der Waals surface area contributed by atoms with Crippen molar-refractivity contribution in [2.45, 2.75) is 30.4 Å². The number of aliphatic hydroxyl groups is 1. The van der Waals surface area contributed by atoms with Gasteiger partial charge in [-0.25, -0.2) is 0 Å². The molecule has 3 rings (SSSR count). The van der Waals surface area contributed by atoms with E-state index in [0.717, 1.165) is 5.56 Å². The van der Waals surface area contributed by atoms with E-state index in [2.05, 4.69) is 0 Å². The molecule has 1 aromatic rings. The van der Waals surface area contributed by atoms with Gasteiger partial charge in [0.05, 0.1) is 21.7 Å². The van der Waals surface area contributed by atoms with Crippen LogP contribution in [0.15, 0.2) is 30.3 Å². The van der Waals surface area contributed by atoms with Gasteiger partial charge in [-0.3, -0.25) is 0 Å². The molecule has 1 fully saturated rings. The van der Waals surface area contributed by atoms with Crippen LogP contribution in [0.1, 0.15) is 22.5 Å². The van der Waals surface area contributed by atoms with Crippen LogP contribution in [0.4, 0.5) is 0 Å². The van der Waals surface area contributed by atoms with Gasteiger partial charge < -0.3 is 19.5 Å². The number of hydrogen-bond donors (Lipinski definition) is 1. The van der Waals surface area contributed by atoms with E-state index in [4.69, 9.17) is 13.6 Å². The first-order valence-corrected chi connectivity index (χ1v) is 7.08. The highest BCUT2D eigenvalue weighted by atomic mass is 16.5. The lowest BCUT2D eigenvalue weighted by Crippen LogP contribution is -2.44. The second-order valence-electron chi connectivity index (χ2n) is 5.62. The van der Waals surface area contributed by atoms with Crippen molar-refractivity contribution in [2.24, 2.45) is 0 Å². The molecule has 1 N–H and O–H groups in total. The summed E-state index contributed by atoms with van der Waals surface area (Å²) in [6.07, 6.45) is -0.937. The number of benzene rings is 1. The molecule has 0 aromatic heterocycles. The predicted molar refractivity (Wildman–Crippen MR) is 82.0 cm³/mol. The highest BCUT2D eigenvalue weighted by Crippen LogP contribution is 2.46. The third-order valence-electron chi connectivity index (χ3n) is 4.54. The zero-order chi connectivity index (χ0) is 17.7. The van der Waals surface area contributed by atoms with Gasteiger partial charge in [-0.2, -0.15) is 0 Å². The fourth-order valence-corrected chi connectivity index (χ4v) is 3.38. The maximum absolute atomic E-state index is 10.2. The average Bonchev–Trinajstić information content (AvgIpc) is 2.90. The van der Waals surface area contributed by atoms with Crippen molar-refractivity contribution in [3.8, 4) is 11.5 Å². The lowest BCUT2D eigenvalue weighted by Gasteiger charge is -2.39. The molecule has 1 aromatic carbocycles. The van der Waals surface area contributed by atoms with E-state index < -0.39 is 23.9 Å². The maximum Gasteiger partial charge on any atom is 0.161 e. The molecule has 1 aliphatic heterocycles. The molecule has 1 heterocycles. The molecule has 0 spiro atoms. The van der Waals surface area contributed by atoms with Crippen LogP contribution in [-0.2, 0) is 5.41 Å². The molecule has 1 aliphatic carbocycles. The number of methoxy groups -OCH3 is 2. The first-order chi connectivity index (χ1) is 11.3. The van der Waals surface area contributed by atoms with Crippen molar-refractivity contribution < 1.29 is 18.7 Å². The Hall–Kier alpha value is -1.52. The van der Waals surface area contributed by atoms with E-state index in [1.54, 1.807) is 26.4 Å². The Kier molecular flexibility index (Phi) is 2.83. The number of rotatable bonds is 3. The van der Waals surface area contributed by atoms with Crippen LogP contribution < -0.4 is 9.47 Å². The van der Waals surface area contributed by atoms with E-state index in [0.29, 0.717) is 24.5 Å². The highest BCUT2D eigenvalue weighted by molar-refractivity contribution is 5.48. The quantitative estimate of drug-likeness (QED) is 0.865. The molecule has 0 saturated carbocycles. The van der Waals surface area contributed by atoms with Crippen molar-refractivity contribution in [1.29, 1.82) is 0 Å². The van der Waals surface area contributed by atoms with Gasteiger partial charge in [-0.15, -0.1) is 0 Å². The predicted octanol–water partition coefficient (Wildman–Crippen LogP) is 1.97. The molecule has 0 bridgehead atoms. The molecule has 0 radical (unpaired) electrons. The minimum atomic E-state index is -1.91. The number of hydrogen-bond acceptors (Lipinski definition) is 4. The number of fused-ring (bicyclic) bond motifs is 1. The average molecular weight is 292 g/mol. The van der Waals surface area contributed by atoms with Crippen LogP contribution in [0.2, 0.25) is 0 Å². The van der Waals surface area contributed by atoms with Crippen molar-refractivity contribution in [3.05, 3.63) is 35.9 Å². The maximum atomic E-state index is 10.2. The first-order valence-electron chi connectivity index (χ1n) is 8.58. The van der Waals surface area contributed by atoms with Gasteiger partial charge in [-0.1, -0.05) is 18.2 Å². The SMILES string of the molecule is [2H]C1=C[C@@]2(c3ccc(OC)c(OC)c3)CCN(C)[C@H]2C([2H])([2H])[C@@H]1O. The number of ether oxygens (including phenoxy) is 2. The van der Waals surface area contributed by atoms with Gasteiger partial charge in [0.25, 0.3) is 0 Å². The summed E-state index contributed by atoms with van der Waals surface area (Å²) in [6, 6.07) is 4.93. The standard InChI is InChI=1S/C17H23NO3/c1-18-9-8-17(7-6-13(19)11-16(17)18)12-4-5-14(20-2)15(10-12)21-3/h4-7,10,13,16,19H,8-9,11H2,1-3H3/t13-,16+,17+/m1/s1/i6D,11D2. The summed E-state index contributed by atoms with van der Waals surface area (Å²) in [5.74, 6) is 1.18. The molecule has 4 nitrogen and oxygen atoms in total. The van der Waals surface area contributed by atoms with Crippen molar-refractivity contribution >= 4 is 0 Å². The van der Waals surface area contributed by atoms with Crippen LogP contribution in [0.25, 0.3) is 0 Å². The third kappa shape index (κ3) is 2.23. The fourth-order valence-electron chi connectivity index (χ4n) is 3.38. The molecule has 2 aliphatic rings. The van der Waals surface area contributed by atoms with Crippen LogP contribution in [0.5, 0.6) is 11.5 Å². The van der Waals surface area contributed by atoms with Crippen molar-refractivity contribution in [2.75, 3.05) is 27.8 Å². The van der Waals surface area contributed by atoms with E-state index in [1.165, 1.54) is 0 Å². The fraction of sp³-hybridized carbons (Fsp3) is 0.529. The summed E-state index contributed by atoms with van der Waals surface area (Å²) in [7, 11) is 4.99. The molecule has 21 heavy (non-hydrogen) atoms. The van der Waals surface area contributed by atoms with Gasteiger partial charge in [0.15, 0.2) is 11.5 Å². The lowest BCUT2D eigenvalue weighted by atomic mass is 9.69. The Morgan fingerprint density at radius 1 is 1.38 bits per heavy atom. The van der Waals surface area contributed by atoms with Gasteiger partial charge in [0, 0.05) is 14.2 Å². The Bertz CT molecular complexity index is 679. The normalized spacial score (nSPS) is 37.0. The van der Waals surface area contributed by atoms with Crippen molar-refractivity contribution in [1.82, 2.24) is 4.90 Å². The minimum absolute atomic E-state index is 0.0682. The molecule has 0 unspecified atom stereocenters. The summed E-state index contributed by atoms with van der Waals surface area (Å²) in [5, 5.41) is 10.2. The van der Waals surface area contributed by atoms with Crippen LogP contribution >= 0.6 is 0 Å². The Labute approximate surface area is 130 Å². The lowest BCUT2D eigenvalue weighted by molar-refractivity contribution is 0.137. The molecule has 4 heteroatoms. The Morgan fingerprint density at radius 3 is 2.86 bits per heavy atom. The Balaban J connectivity index is 2.20. The smallest absolute Gasteiger partial charge is 0.161 e. The largest absolute Gasteiger partial charge is 0.493 e. The zero-order valence-corrected chi connectivity index (χ0v) is 12.6. The molecule has 114 valence electrons. The van der Waals surface area contributed by atoms with E-state index in [9.17, 15) is 5.11 Å². The minimum Gasteiger partial charge on any atom is -0.493 e. The van der Waals surface area contributed by atoms with Crippen LogP contribution in [0, 0.1) is 0 Å². The molecular weight excluding hydrogens is 266 g/mol. The number of likely N-dealkylation sites (tertiary alicyclic amines) is 1. The zero-order valence-electron chi connectivity index (χ0n) is 15.6. The number of likely N-dealkylation sites (N-methyl/N-ethyl adjacent to an activating group) is 1. The summed E-state index contributed by atoms with van der Waals surface area (Å²) in [6.45, 7) is 0.690. The van der Waals surface area contributed by atoms with Crippen LogP contribution in [0.3, 0.4) is 0 Å². The second-order valence-corrected chi connectivity index (χ2v) is 5.62. The van der Waals surface area contributed by atoms with Crippen molar-refractivity contribution in [3.63, 3.8) is 0 Å². The van der Waals surface area contributed by atoms with Gasteiger partial charge >= 0.3 is 0 Å². The first kappa shape index (κ1) is 11.1. The summed E-state index contributed by atoms with van der Waals surface area (Å²) < 4.78 is 35.6. The van der Waals surface area contributed by atoms with E-state index in [1.807, 2.05) is 24.1 Å². The van der Waals surface area contributed by atoms with E-state index >= 15 is 0 Å². The topological polar surface area (TPSA) is 41.9 Å². The monoisotopic (exact) mass is 292 g/mol. The molecule has 3 atom stereocenters. The molecular formula is C17H23NO3. The second kappa shape index (κ2) is 5.35. The Morgan fingerprint density at radius 2 is 2.14 bits per heavy atom. The summed E-state index contributed by atoms with van der Waals surface area (Å²) in [4.78, 5) is 1.93. The molecule has 0 amide bonds.